The van der Waals surface area contributed by atoms with E-state index in [0.717, 1.165) is 6.42 Å². The van der Waals surface area contributed by atoms with Crippen LogP contribution >= 0.6 is 0 Å². The quantitative estimate of drug-likeness (QED) is 0.842. The molecule has 0 bridgehead atoms. The van der Waals surface area contributed by atoms with Gasteiger partial charge in [0.25, 0.3) is 0 Å². The van der Waals surface area contributed by atoms with E-state index in [4.69, 9.17) is 5.11 Å². The Morgan fingerprint density at radius 2 is 2.15 bits per heavy atom. The smallest absolute Gasteiger partial charge is 0.321 e. The molecule has 1 rings (SSSR count). The van der Waals surface area contributed by atoms with Crippen LogP contribution in [0.3, 0.4) is 0 Å². The molecule has 0 radical (unpaired) electrons. The second-order valence-electron chi connectivity index (χ2n) is 4.55. The number of halogens is 1. The van der Waals surface area contributed by atoms with Gasteiger partial charge in [0, 0.05) is 19.3 Å². The molecule has 6 heteroatoms. The third kappa shape index (κ3) is 4.53. The van der Waals surface area contributed by atoms with E-state index in [1.54, 1.807) is 6.07 Å². The molecule has 0 aromatic heterocycles. The third-order valence-electron chi connectivity index (χ3n) is 2.99. The van der Waals surface area contributed by atoms with Crippen molar-refractivity contribution in [3.8, 4) is 0 Å². The second kappa shape index (κ2) is 7.47. The number of carbonyl (C=O) groups is 2. The zero-order valence-corrected chi connectivity index (χ0v) is 11.6. The molecule has 20 heavy (non-hydrogen) atoms. The maximum atomic E-state index is 13.1. The van der Waals surface area contributed by atoms with Crippen LogP contribution in [0, 0.1) is 11.7 Å². The number of urea groups is 1. The Morgan fingerprint density at radius 1 is 1.45 bits per heavy atom. The number of carboxylic acid groups (broad SMARTS) is 1. The molecule has 1 aromatic carbocycles. The number of carboxylic acids is 1. The minimum Gasteiger partial charge on any atom is -0.481 e. The number of aliphatic carboxylic acids is 1. The number of nitrogens with one attached hydrogen (secondary N) is 1. The summed E-state index contributed by atoms with van der Waals surface area (Å²) in [6.07, 6.45) is 1.23. The second-order valence-corrected chi connectivity index (χ2v) is 4.55. The first kappa shape index (κ1) is 15.9. The average Bonchev–Trinajstić information content (AvgIpc) is 2.41. The lowest BCUT2D eigenvalue weighted by molar-refractivity contribution is -0.141. The fourth-order valence-electron chi connectivity index (χ4n) is 1.79. The summed E-state index contributed by atoms with van der Waals surface area (Å²) in [6, 6.07) is 5.17. The standard InChI is InChI=1S/C14H19FN2O3/c1-3-5-10(13(18)19)9-16-14(20)17(2)12-7-4-6-11(15)8-12/h4,6-8,10H,3,5,9H2,1-2H3,(H,16,20)(H,18,19). The van der Waals surface area contributed by atoms with Crippen LogP contribution in [0.15, 0.2) is 24.3 Å². The van der Waals surface area contributed by atoms with Crippen LogP contribution in [0.2, 0.25) is 0 Å². The van der Waals surface area contributed by atoms with E-state index in [0.29, 0.717) is 12.1 Å². The summed E-state index contributed by atoms with van der Waals surface area (Å²) in [5.74, 6) is -1.97. The zero-order valence-electron chi connectivity index (χ0n) is 11.6. The van der Waals surface area contributed by atoms with Crippen LogP contribution in [-0.2, 0) is 4.79 Å². The van der Waals surface area contributed by atoms with Crippen molar-refractivity contribution in [2.75, 3.05) is 18.5 Å². The van der Waals surface area contributed by atoms with Crippen molar-refractivity contribution in [3.63, 3.8) is 0 Å². The van der Waals surface area contributed by atoms with Gasteiger partial charge in [-0.2, -0.15) is 0 Å². The molecule has 1 atom stereocenters. The van der Waals surface area contributed by atoms with Crippen molar-refractivity contribution in [2.24, 2.45) is 5.92 Å². The van der Waals surface area contributed by atoms with Crippen LogP contribution in [-0.4, -0.2) is 30.7 Å². The van der Waals surface area contributed by atoms with Gasteiger partial charge in [0.15, 0.2) is 0 Å². The maximum Gasteiger partial charge on any atom is 0.321 e. The van der Waals surface area contributed by atoms with Gasteiger partial charge in [0.2, 0.25) is 0 Å². The van der Waals surface area contributed by atoms with E-state index in [2.05, 4.69) is 5.32 Å². The number of amides is 2. The number of carbonyl (C=O) groups excluding carboxylic acids is 1. The fourth-order valence-corrected chi connectivity index (χ4v) is 1.79. The van der Waals surface area contributed by atoms with Gasteiger partial charge in [-0.1, -0.05) is 19.4 Å². The molecular formula is C14H19FN2O3. The molecule has 0 heterocycles. The summed E-state index contributed by atoms with van der Waals surface area (Å²) in [5.41, 5.74) is 0.407. The Hall–Kier alpha value is -2.11. The van der Waals surface area contributed by atoms with Crippen LogP contribution in [0.1, 0.15) is 19.8 Å². The van der Waals surface area contributed by atoms with Gasteiger partial charge in [-0.3, -0.25) is 9.69 Å². The van der Waals surface area contributed by atoms with Crippen molar-refractivity contribution in [2.45, 2.75) is 19.8 Å². The fraction of sp³-hybridized carbons (Fsp3) is 0.429. The van der Waals surface area contributed by atoms with E-state index in [9.17, 15) is 14.0 Å². The largest absolute Gasteiger partial charge is 0.481 e. The van der Waals surface area contributed by atoms with Crippen molar-refractivity contribution in [1.29, 1.82) is 0 Å². The molecule has 0 aliphatic carbocycles. The van der Waals surface area contributed by atoms with Gasteiger partial charge in [-0.05, 0) is 24.6 Å². The van der Waals surface area contributed by atoms with E-state index in [-0.39, 0.29) is 6.54 Å². The van der Waals surface area contributed by atoms with E-state index < -0.39 is 23.7 Å². The number of anilines is 1. The van der Waals surface area contributed by atoms with Gasteiger partial charge < -0.3 is 10.4 Å². The van der Waals surface area contributed by atoms with Gasteiger partial charge in [-0.15, -0.1) is 0 Å². The molecule has 0 aliphatic rings. The minimum absolute atomic E-state index is 0.0572. The normalized spacial score (nSPS) is 11.8. The van der Waals surface area contributed by atoms with Crippen LogP contribution in [0.5, 0.6) is 0 Å². The maximum absolute atomic E-state index is 13.1. The van der Waals surface area contributed by atoms with E-state index in [1.165, 1.54) is 30.1 Å². The molecule has 2 N–H and O–H groups in total. The summed E-state index contributed by atoms with van der Waals surface area (Å²) in [5, 5.41) is 11.5. The SMILES string of the molecule is CCCC(CNC(=O)N(C)c1cccc(F)c1)C(=O)O. The Morgan fingerprint density at radius 3 is 2.70 bits per heavy atom. The Labute approximate surface area is 117 Å². The first-order chi connectivity index (χ1) is 9.45. The summed E-state index contributed by atoms with van der Waals surface area (Å²) in [6.45, 7) is 1.94. The number of rotatable bonds is 6. The summed E-state index contributed by atoms with van der Waals surface area (Å²) >= 11 is 0. The number of hydrogen-bond acceptors (Lipinski definition) is 2. The van der Waals surface area contributed by atoms with Gasteiger partial charge in [0.05, 0.1) is 5.92 Å². The Balaban J connectivity index is 2.60. The van der Waals surface area contributed by atoms with Crippen molar-refractivity contribution >= 4 is 17.7 Å². The minimum atomic E-state index is -0.930. The van der Waals surface area contributed by atoms with Gasteiger partial charge in [-0.25, -0.2) is 9.18 Å². The predicted molar refractivity (Wildman–Crippen MR) is 74.2 cm³/mol. The van der Waals surface area contributed by atoms with Crippen LogP contribution in [0.25, 0.3) is 0 Å². The van der Waals surface area contributed by atoms with Crippen LogP contribution < -0.4 is 10.2 Å². The van der Waals surface area contributed by atoms with Crippen molar-refractivity contribution in [3.05, 3.63) is 30.1 Å². The molecule has 0 saturated heterocycles. The van der Waals surface area contributed by atoms with E-state index in [1.807, 2.05) is 6.92 Å². The zero-order chi connectivity index (χ0) is 15.1. The molecule has 0 fully saturated rings. The highest BCUT2D eigenvalue weighted by atomic mass is 19.1. The summed E-state index contributed by atoms with van der Waals surface area (Å²) < 4.78 is 13.1. The first-order valence-electron chi connectivity index (χ1n) is 6.45. The molecule has 110 valence electrons. The Bertz CT molecular complexity index is 479. The number of nitrogens with zero attached hydrogens (tertiary/aromatic N) is 1. The van der Waals surface area contributed by atoms with Crippen molar-refractivity contribution < 1.29 is 19.1 Å². The molecule has 1 unspecified atom stereocenters. The highest BCUT2D eigenvalue weighted by molar-refractivity contribution is 5.91. The monoisotopic (exact) mass is 282 g/mol. The first-order valence-corrected chi connectivity index (χ1v) is 6.45. The highest BCUT2D eigenvalue weighted by Crippen LogP contribution is 2.14. The van der Waals surface area contributed by atoms with Gasteiger partial charge >= 0.3 is 12.0 Å². The van der Waals surface area contributed by atoms with E-state index >= 15 is 0 Å². The lowest BCUT2D eigenvalue weighted by atomic mass is 10.0. The number of benzene rings is 1. The molecule has 0 saturated carbocycles. The molecular weight excluding hydrogens is 263 g/mol. The molecule has 2 amide bonds. The molecule has 0 aliphatic heterocycles. The topological polar surface area (TPSA) is 69.6 Å². The third-order valence-corrected chi connectivity index (χ3v) is 2.99. The summed E-state index contributed by atoms with van der Waals surface area (Å²) in [7, 11) is 1.50. The lowest BCUT2D eigenvalue weighted by Crippen LogP contribution is -2.41. The number of hydrogen-bond donors (Lipinski definition) is 2. The molecule has 5 nitrogen and oxygen atoms in total. The molecule has 1 aromatic rings. The van der Waals surface area contributed by atoms with Crippen LogP contribution in [0.4, 0.5) is 14.9 Å². The van der Waals surface area contributed by atoms with Gasteiger partial charge in [0.1, 0.15) is 5.82 Å². The van der Waals surface area contributed by atoms with Crippen molar-refractivity contribution in [1.82, 2.24) is 5.32 Å². The predicted octanol–water partition coefficient (Wildman–Crippen LogP) is 2.47. The Kier molecular flexibility index (Phi) is 5.96. The summed E-state index contributed by atoms with van der Waals surface area (Å²) in [4.78, 5) is 24.1. The molecule has 0 spiro atoms. The lowest BCUT2D eigenvalue weighted by Gasteiger charge is -2.19. The average molecular weight is 282 g/mol. The highest BCUT2D eigenvalue weighted by Gasteiger charge is 2.19.